The topological polar surface area (TPSA) is 63.8 Å². The van der Waals surface area contributed by atoms with Crippen LogP contribution in [-0.2, 0) is 20.7 Å². The van der Waals surface area contributed by atoms with Gasteiger partial charge in [0.2, 0.25) is 0 Å². The van der Waals surface area contributed by atoms with Crippen LogP contribution in [0.3, 0.4) is 0 Å². The summed E-state index contributed by atoms with van der Waals surface area (Å²) in [5.41, 5.74) is 4.37. The molecule has 2 aromatic rings. The molecule has 1 fully saturated rings. The maximum Gasteiger partial charge on any atom is 0.337 e. The molecule has 0 saturated carbocycles. The first kappa shape index (κ1) is 19.8. The van der Waals surface area contributed by atoms with Crippen molar-refractivity contribution in [3.05, 3.63) is 41.3 Å². The maximum absolute atomic E-state index is 12.5. The first-order chi connectivity index (χ1) is 14.1. The van der Waals surface area contributed by atoms with E-state index >= 15 is 0 Å². The molecular weight excluding hydrogens is 368 g/mol. The summed E-state index contributed by atoms with van der Waals surface area (Å²) in [7, 11) is 4.75. The second kappa shape index (κ2) is 8.11. The van der Waals surface area contributed by atoms with Gasteiger partial charge in [-0.2, -0.15) is 0 Å². The first-order valence-electron chi connectivity index (χ1n) is 10.4. The van der Waals surface area contributed by atoms with Gasteiger partial charge in [-0.15, -0.1) is 0 Å². The molecule has 2 aliphatic rings. The van der Waals surface area contributed by atoms with Crippen molar-refractivity contribution in [3.8, 4) is 5.75 Å². The van der Waals surface area contributed by atoms with E-state index in [-0.39, 0.29) is 17.9 Å². The van der Waals surface area contributed by atoms with Crippen molar-refractivity contribution in [2.24, 2.45) is 11.8 Å². The molecule has 0 bridgehead atoms. The number of ether oxygens (including phenoxy) is 3. The molecular formula is C23H30N2O4. The number of hydrogen-bond donors (Lipinski definition) is 1. The number of aromatic amines is 1. The zero-order valence-electron chi connectivity index (χ0n) is 17.7. The number of methoxy groups -OCH3 is 3. The van der Waals surface area contributed by atoms with Gasteiger partial charge in [0.15, 0.2) is 0 Å². The Kier molecular flexibility index (Phi) is 5.54. The Balaban J connectivity index is 1.76. The van der Waals surface area contributed by atoms with Gasteiger partial charge in [-0.25, -0.2) is 4.79 Å². The van der Waals surface area contributed by atoms with E-state index in [1.165, 1.54) is 23.8 Å². The number of nitrogens with one attached hydrogen (secondary N) is 1. The van der Waals surface area contributed by atoms with Crippen LogP contribution < -0.4 is 4.74 Å². The Morgan fingerprint density at radius 1 is 1.31 bits per heavy atom. The van der Waals surface area contributed by atoms with Crippen molar-refractivity contribution in [1.29, 1.82) is 0 Å². The molecule has 3 atom stereocenters. The lowest BCUT2D eigenvalue weighted by Crippen LogP contribution is -2.47. The van der Waals surface area contributed by atoms with Crippen LogP contribution in [-0.4, -0.2) is 50.3 Å². The molecule has 2 unspecified atom stereocenters. The minimum Gasteiger partial charge on any atom is -0.504 e. The summed E-state index contributed by atoms with van der Waals surface area (Å²) in [4.78, 5) is 18.7. The molecule has 0 radical (unpaired) electrons. The predicted molar refractivity (Wildman–Crippen MR) is 112 cm³/mol. The molecule has 0 aliphatic carbocycles. The lowest BCUT2D eigenvalue weighted by molar-refractivity contribution is -0.137. The second-order valence-electron chi connectivity index (χ2n) is 7.97. The number of esters is 1. The van der Waals surface area contributed by atoms with Crippen LogP contribution in [0, 0.1) is 11.8 Å². The van der Waals surface area contributed by atoms with Crippen molar-refractivity contribution in [2.45, 2.75) is 32.2 Å². The Bertz CT molecular complexity index is 932. The van der Waals surface area contributed by atoms with Crippen molar-refractivity contribution in [1.82, 2.24) is 9.88 Å². The van der Waals surface area contributed by atoms with Crippen LogP contribution in [0.5, 0.6) is 5.75 Å². The summed E-state index contributed by atoms with van der Waals surface area (Å²) < 4.78 is 16.0. The van der Waals surface area contributed by atoms with E-state index in [9.17, 15) is 4.79 Å². The largest absolute Gasteiger partial charge is 0.504 e. The van der Waals surface area contributed by atoms with Gasteiger partial charge in [-0.05, 0) is 42.4 Å². The Hall–Kier alpha value is -2.47. The highest BCUT2D eigenvalue weighted by molar-refractivity contribution is 5.91. The fourth-order valence-electron chi connectivity index (χ4n) is 5.28. The van der Waals surface area contributed by atoms with Gasteiger partial charge in [0, 0.05) is 29.7 Å². The fourth-order valence-corrected chi connectivity index (χ4v) is 5.28. The van der Waals surface area contributed by atoms with E-state index in [1.54, 1.807) is 20.5 Å². The number of nitrogens with zero attached hydrogens (tertiary/aromatic N) is 1. The van der Waals surface area contributed by atoms with Gasteiger partial charge >= 0.3 is 5.97 Å². The number of carbonyl (C=O) groups excluding carboxylic acids is 1. The van der Waals surface area contributed by atoms with Crippen LogP contribution in [0.2, 0.25) is 0 Å². The van der Waals surface area contributed by atoms with Crippen LogP contribution in [0.25, 0.3) is 10.9 Å². The van der Waals surface area contributed by atoms with E-state index < -0.39 is 0 Å². The molecule has 1 aromatic carbocycles. The van der Waals surface area contributed by atoms with Gasteiger partial charge in [0.25, 0.3) is 0 Å². The average molecular weight is 399 g/mol. The summed E-state index contributed by atoms with van der Waals surface area (Å²) in [5.74, 6) is 1.12. The molecule has 29 heavy (non-hydrogen) atoms. The molecule has 4 rings (SSSR count). The van der Waals surface area contributed by atoms with Crippen LogP contribution >= 0.6 is 0 Å². The minimum absolute atomic E-state index is 0.105. The van der Waals surface area contributed by atoms with Gasteiger partial charge in [-0.3, -0.25) is 4.90 Å². The summed E-state index contributed by atoms with van der Waals surface area (Å²) in [6.45, 7) is 4.19. The van der Waals surface area contributed by atoms with E-state index in [2.05, 4.69) is 22.9 Å². The standard InChI is InChI=1S/C23H30N2O4/c1-5-14-12-25-10-9-15-21-18(7-6-8-20(21)28-3)24-22(15)19(25)11-16(14)17(13-27-2)23(26)29-4/h6-8,13-14,16,19,24H,5,9-12H2,1-4H3/b17-13+/t14?,16-,19?/m0/s1. The minimum atomic E-state index is -0.293. The molecule has 1 N–H and O–H groups in total. The number of carbonyl (C=O) groups is 1. The van der Waals surface area contributed by atoms with Crippen LogP contribution in [0.4, 0.5) is 0 Å². The lowest BCUT2D eigenvalue weighted by Gasteiger charge is -2.46. The monoisotopic (exact) mass is 398 g/mol. The SMILES string of the molecule is CCC1CN2CCc3c([nH]c4cccc(OC)c34)C2C[C@@H]1/C(=C\OC)C(=O)OC. The quantitative estimate of drug-likeness (QED) is 0.471. The molecule has 6 heteroatoms. The van der Waals surface area contributed by atoms with Gasteiger partial charge < -0.3 is 19.2 Å². The highest BCUT2D eigenvalue weighted by Gasteiger charge is 2.42. The first-order valence-corrected chi connectivity index (χ1v) is 10.4. The van der Waals surface area contributed by atoms with Crippen molar-refractivity contribution in [3.63, 3.8) is 0 Å². The van der Waals surface area contributed by atoms with Crippen molar-refractivity contribution >= 4 is 16.9 Å². The van der Waals surface area contributed by atoms with E-state index in [1.807, 2.05) is 12.1 Å². The summed E-state index contributed by atoms with van der Waals surface area (Å²) >= 11 is 0. The zero-order valence-corrected chi connectivity index (χ0v) is 17.7. The normalized spacial score (nSPS) is 24.7. The van der Waals surface area contributed by atoms with Crippen molar-refractivity contribution in [2.75, 3.05) is 34.4 Å². The average Bonchev–Trinajstić information content (AvgIpc) is 3.15. The summed E-state index contributed by atoms with van der Waals surface area (Å²) in [6.07, 6.45) is 4.46. The number of rotatable bonds is 5. The van der Waals surface area contributed by atoms with Gasteiger partial charge in [-0.1, -0.05) is 19.4 Å². The molecule has 2 aliphatic heterocycles. The highest BCUT2D eigenvalue weighted by Crippen LogP contribution is 2.47. The zero-order chi connectivity index (χ0) is 20.5. The highest BCUT2D eigenvalue weighted by atomic mass is 16.5. The van der Waals surface area contributed by atoms with E-state index in [4.69, 9.17) is 14.2 Å². The molecule has 1 aromatic heterocycles. The van der Waals surface area contributed by atoms with Crippen molar-refractivity contribution < 1.29 is 19.0 Å². The summed E-state index contributed by atoms with van der Waals surface area (Å²) in [5, 5.41) is 1.19. The number of benzene rings is 1. The Labute approximate surface area is 171 Å². The Morgan fingerprint density at radius 2 is 2.14 bits per heavy atom. The molecule has 156 valence electrons. The second-order valence-corrected chi connectivity index (χ2v) is 7.97. The van der Waals surface area contributed by atoms with E-state index in [0.717, 1.165) is 43.6 Å². The van der Waals surface area contributed by atoms with Gasteiger partial charge in [0.05, 0.1) is 39.2 Å². The van der Waals surface area contributed by atoms with Gasteiger partial charge in [0.1, 0.15) is 5.75 Å². The smallest absolute Gasteiger partial charge is 0.337 e. The third-order valence-corrected chi connectivity index (χ3v) is 6.67. The molecule has 0 spiro atoms. The third-order valence-electron chi connectivity index (χ3n) is 6.67. The number of piperidine rings is 1. The molecule has 0 amide bonds. The lowest BCUT2D eigenvalue weighted by atomic mass is 9.74. The third kappa shape index (κ3) is 3.29. The number of hydrogen-bond acceptors (Lipinski definition) is 5. The summed E-state index contributed by atoms with van der Waals surface area (Å²) in [6, 6.07) is 6.40. The maximum atomic E-state index is 12.5. The fraction of sp³-hybridized carbons (Fsp3) is 0.522. The number of H-pyrrole nitrogens is 1. The number of fused-ring (bicyclic) bond motifs is 5. The molecule has 3 heterocycles. The predicted octanol–water partition coefficient (Wildman–Crippen LogP) is 3.83. The molecule has 6 nitrogen and oxygen atoms in total. The van der Waals surface area contributed by atoms with E-state index in [0.29, 0.717) is 11.5 Å². The number of aromatic nitrogens is 1. The van der Waals surface area contributed by atoms with Crippen LogP contribution in [0.1, 0.15) is 37.1 Å². The Morgan fingerprint density at radius 3 is 2.83 bits per heavy atom. The molecule has 1 saturated heterocycles. The van der Waals surface area contributed by atoms with Crippen LogP contribution in [0.15, 0.2) is 30.0 Å².